The summed E-state index contributed by atoms with van der Waals surface area (Å²) in [4.78, 5) is 4.37. The van der Waals surface area contributed by atoms with Gasteiger partial charge in [-0.1, -0.05) is 6.92 Å². The molecule has 112 valence electrons. The highest BCUT2D eigenvalue weighted by atomic mass is 16.5. The van der Waals surface area contributed by atoms with Crippen LogP contribution in [0.3, 0.4) is 0 Å². The fourth-order valence-corrected chi connectivity index (χ4v) is 1.60. The van der Waals surface area contributed by atoms with Gasteiger partial charge in [0.25, 0.3) is 0 Å². The second-order valence-electron chi connectivity index (χ2n) is 4.42. The summed E-state index contributed by atoms with van der Waals surface area (Å²) in [5.74, 6) is 6.80. The molecule has 1 aromatic rings. The summed E-state index contributed by atoms with van der Waals surface area (Å²) >= 11 is 0. The van der Waals surface area contributed by atoms with Crippen molar-refractivity contribution in [3.8, 4) is 5.75 Å². The summed E-state index contributed by atoms with van der Waals surface area (Å²) in [6, 6.07) is 7.67. The van der Waals surface area contributed by atoms with Gasteiger partial charge in [0.2, 0.25) is 5.96 Å². The Hall–Kier alpha value is -1.79. The zero-order chi connectivity index (χ0) is 14.8. The molecule has 20 heavy (non-hydrogen) atoms. The van der Waals surface area contributed by atoms with Crippen molar-refractivity contribution in [1.82, 2.24) is 5.43 Å². The second-order valence-corrected chi connectivity index (χ2v) is 4.42. The van der Waals surface area contributed by atoms with E-state index in [1.54, 1.807) is 7.11 Å². The molecule has 1 aromatic carbocycles. The van der Waals surface area contributed by atoms with Crippen LogP contribution in [0.25, 0.3) is 0 Å². The zero-order valence-electron chi connectivity index (χ0n) is 12.3. The lowest BCUT2D eigenvalue weighted by Gasteiger charge is -2.12. The van der Waals surface area contributed by atoms with Crippen LogP contribution in [-0.2, 0) is 4.74 Å². The molecule has 0 saturated carbocycles. The Bertz CT molecular complexity index is 406. The number of nitrogens with one attached hydrogen (secondary N) is 2. The smallest absolute Gasteiger partial charge is 0.210 e. The first-order valence-electron chi connectivity index (χ1n) is 6.72. The van der Waals surface area contributed by atoms with Crippen LogP contribution in [0, 0.1) is 0 Å². The molecule has 0 radical (unpaired) electrons. The molecule has 0 aromatic heterocycles. The van der Waals surface area contributed by atoms with Gasteiger partial charge in [-0.2, -0.15) is 0 Å². The van der Waals surface area contributed by atoms with E-state index in [4.69, 9.17) is 15.3 Å². The minimum atomic E-state index is 0.0192. The molecule has 1 atom stereocenters. The Kier molecular flexibility index (Phi) is 7.46. The number of guanidine groups is 1. The molecule has 0 fully saturated rings. The summed E-state index contributed by atoms with van der Waals surface area (Å²) in [5, 5.41) is 3.10. The number of hydrogen-bond acceptors (Lipinski definition) is 4. The topological polar surface area (TPSA) is 80.9 Å². The molecular formula is C14H24N4O2. The summed E-state index contributed by atoms with van der Waals surface area (Å²) in [6.45, 7) is 5.28. The van der Waals surface area contributed by atoms with Crippen molar-refractivity contribution < 1.29 is 9.47 Å². The molecule has 1 unspecified atom stereocenters. The van der Waals surface area contributed by atoms with Gasteiger partial charge in [0, 0.05) is 12.8 Å². The number of nitrogens with two attached hydrogens (primary N) is 1. The number of hydrazine groups is 1. The average Bonchev–Trinajstić information content (AvgIpc) is 2.46. The van der Waals surface area contributed by atoms with Crippen molar-refractivity contribution in [1.29, 1.82) is 0 Å². The number of nitrogens with zero attached hydrogens (tertiary/aromatic N) is 1. The van der Waals surface area contributed by atoms with Crippen molar-refractivity contribution in [3.05, 3.63) is 24.3 Å². The molecule has 0 amide bonds. The summed E-state index contributed by atoms with van der Waals surface area (Å²) < 4.78 is 10.6. The van der Waals surface area contributed by atoms with Crippen LogP contribution in [0.2, 0.25) is 0 Å². The molecule has 0 saturated heterocycles. The van der Waals surface area contributed by atoms with Gasteiger partial charge in [0.1, 0.15) is 5.75 Å². The van der Waals surface area contributed by atoms with Gasteiger partial charge in [0.15, 0.2) is 0 Å². The molecule has 1 rings (SSSR count). The summed E-state index contributed by atoms with van der Waals surface area (Å²) in [5.41, 5.74) is 3.43. The molecule has 0 aliphatic heterocycles. The van der Waals surface area contributed by atoms with Crippen LogP contribution < -0.4 is 21.3 Å². The summed E-state index contributed by atoms with van der Waals surface area (Å²) in [7, 11) is 1.64. The van der Waals surface area contributed by atoms with Gasteiger partial charge < -0.3 is 14.8 Å². The van der Waals surface area contributed by atoms with Crippen molar-refractivity contribution >= 4 is 11.6 Å². The van der Waals surface area contributed by atoms with Gasteiger partial charge in [-0.3, -0.25) is 5.43 Å². The zero-order valence-corrected chi connectivity index (χ0v) is 12.3. The highest BCUT2D eigenvalue weighted by Gasteiger charge is 2.03. The van der Waals surface area contributed by atoms with Crippen LogP contribution in [0.4, 0.5) is 5.69 Å². The fourth-order valence-electron chi connectivity index (χ4n) is 1.60. The predicted molar refractivity (Wildman–Crippen MR) is 81.9 cm³/mol. The molecule has 0 aliphatic rings. The minimum absolute atomic E-state index is 0.0192. The van der Waals surface area contributed by atoms with Crippen LogP contribution in [0.1, 0.15) is 20.3 Å². The number of benzene rings is 1. The SMILES string of the molecule is CCCOc1ccc(NC(=NC(C)COC)NN)cc1. The normalized spacial score (nSPS) is 12.9. The van der Waals surface area contributed by atoms with Crippen LogP contribution >= 0.6 is 0 Å². The number of methoxy groups -OCH3 is 1. The van der Waals surface area contributed by atoms with Gasteiger partial charge in [0.05, 0.1) is 19.3 Å². The van der Waals surface area contributed by atoms with Gasteiger partial charge in [-0.25, -0.2) is 10.8 Å². The highest BCUT2D eigenvalue weighted by Crippen LogP contribution is 2.15. The van der Waals surface area contributed by atoms with E-state index < -0.39 is 0 Å². The van der Waals surface area contributed by atoms with Crippen LogP contribution in [0.15, 0.2) is 29.3 Å². The van der Waals surface area contributed by atoms with Crippen molar-refractivity contribution in [2.45, 2.75) is 26.3 Å². The monoisotopic (exact) mass is 280 g/mol. The van der Waals surface area contributed by atoms with E-state index in [1.165, 1.54) is 0 Å². The Morgan fingerprint density at radius 2 is 2.05 bits per heavy atom. The Balaban J connectivity index is 2.61. The van der Waals surface area contributed by atoms with E-state index in [2.05, 4.69) is 22.7 Å². The van der Waals surface area contributed by atoms with Crippen molar-refractivity contribution in [2.24, 2.45) is 10.8 Å². The van der Waals surface area contributed by atoms with E-state index >= 15 is 0 Å². The second kappa shape index (κ2) is 9.17. The standard InChI is InChI=1S/C14H24N4O2/c1-4-9-20-13-7-5-12(6-8-13)17-14(18-15)16-11(2)10-19-3/h5-8,11H,4,9-10,15H2,1-3H3,(H2,16,17,18). The van der Waals surface area contributed by atoms with Crippen LogP contribution in [0.5, 0.6) is 5.75 Å². The van der Waals surface area contributed by atoms with E-state index in [9.17, 15) is 0 Å². The quantitative estimate of drug-likeness (QED) is 0.307. The van der Waals surface area contributed by atoms with E-state index in [1.807, 2.05) is 31.2 Å². The lowest BCUT2D eigenvalue weighted by molar-refractivity contribution is 0.185. The third-order valence-electron chi connectivity index (χ3n) is 2.48. The molecule has 0 aliphatic carbocycles. The third kappa shape index (κ3) is 5.90. The molecule has 4 N–H and O–H groups in total. The van der Waals surface area contributed by atoms with Gasteiger partial charge in [-0.05, 0) is 37.6 Å². The minimum Gasteiger partial charge on any atom is -0.494 e. The van der Waals surface area contributed by atoms with Gasteiger partial charge in [-0.15, -0.1) is 0 Å². The number of hydrogen-bond donors (Lipinski definition) is 3. The van der Waals surface area contributed by atoms with Crippen molar-refractivity contribution in [3.63, 3.8) is 0 Å². The largest absolute Gasteiger partial charge is 0.494 e. The lowest BCUT2D eigenvalue weighted by atomic mass is 10.3. The highest BCUT2D eigenvalue weighted by molar-refractivity contribution is 5.93. The van der Waals surface area contributed by atoms with Gasteiger partial charge >= 0.3 is 0 Å². The molecule has 0 spiro atoms. The maximum atomic E-state index is 5.52. The summed E-state index contributed by atoms with van der Waals surface area (Å²) in [6.07, 6.45) is 0.991. The first-order valence-corrected chi connectivity index (χ1v) is 6.72. The van der Waals surface area contributed by atoms with E-state index in [-0.39, 0.29) is 6.04 Å². The number of anilines is 1. The Morgan fingerprint density at radius 1 is 1.35 bits per heavy atom. The fraction of sp³-hybridized carbons (Fsp3) is 0.500. The molecule has 6 heteroatoms. The average molecular weight is 280 g/mol. The van der Waals surface area contributed by atoms with Crippen molar-refractivity contribution in [2.75, 3.05) is 25.6 Å². The van der Waals surface area contributed by atoms with Crippen LogP contribution in [-0.4, -0.2) is 32.3 Å². The van der Waals surface area contributed by atoms with E-state index in [0.717, 1.165) is 24.5 Å². The number of rotatable bonds is 7. The molecular weight excluding hydrogens is 256 g/mol. The lowest BCUT2D eigenvalue weighted by Crippen LogP contribution is -2.37. The predicted octanol–water partition coefficient (Wildman–Crippen LogP) is 1.74. The first kappa shape index (κ1) is 16.3. The molecule has 0 bridgehead atoms. The number of aliphatic imine (C=N–C) groups is 1. The first-order chi connectivity index (χ1) is 9.69. The maximum absolute atomic E-state index is 5.52. The third-order valence-corrected chi connectivity index (χ3v) is 2.48. The van der Waals surface area contributed by atoms with E-state index in [0.29, 0.717) is 12.6 Å². The molecule has 6 nitrogen and oxygen atoms in total. The Morgan fingerprint density at radius 3 is 2.60 bits per heavy atom. The molecule has 0 heterocycles. The number of ether oxygens (including phenoxy) is 2. The maximum Gasteiger partial charge on any atom is 0.210 e. The Labute approximate surface area is 120 Å².